The Balaban J connectivity index is 1.69. The third-order valence-corrected chi connectivity index (χ3v) is 3.98. The molecule has 2 aliphatic rings. The van der Waals surface area contributed by atoms with Gasteiger partial charge in [-0.2, -0.15) is 0 Å². The first kappa shape index (κ1) is 13.3. The van der Waals surface area contributed by atoms with E-state index in [1.807, 2.05) is 0 Å². The normalized spacial score (nSPS) is 21.6. The van der Waals surface area contributed by atoms with Gasteiger partial charge in [-0.15, -0.1) is 0 Å². The van der Waals surface area contributed by atoms with Crippen molar-refractivity contribution in [1.82, 2.24) is 19.8 Å². The van der Waals surface area contributed by atoms with Crippen LogP contribution in [0.1, 0.15) is 12.8 Å². The molecule has 0 amide bonds. The molecular weight excluding hydrogens is 262 g/mol. The van der Waals surface area contributed by atoms with E-state index >= 15 is 0 Å². The maximum atomic E-state index is 10.8. The minimum Gasteiger partial charge on any atom is -0.444 e. The van der Waals surface area contributed by atoms with Gasteiger partial charge >= 0.3 is 11.8 Å². The molecule has 0 radical (unpaired) electrons. The van der Waals surface area contributed by atoms with Crippen LogP contribution in [0.3, 0.4) is 0 Å². The van der Waals surface area contributed by atoms with Gasteiger partial charge in [0, 0.05) is 30.7 Å². The van der Waals surface area contributed by atoms with E-state index in [9.17, 15) is 10.1 Å². The predicted molar refractivity (Wildman–Crippen MR) is 71.8 cm³/mol. The molecule has 1 N–H and O–H groups in total. The number of nitrogens with zero attached hydrogens (tertiary/aromatic N) is 4. The highest BCUT2D eigenvalue weighted by Gasteiger charge is 2.26. The highest BCUT2D eigenvalue weighted by molar-refractivity contribution is 5.20. The number of ether oxygens (including phenoxy) is 1. The number of piperidine rings is 1. The summed E-state index contributed by atoms with van der Waals surface area (Å²) in [4.78, 5) is 16.6. The zero-order valence-corrected chi connectivity index (χ0v) is 11.3. The fourth-order valence-corrected chi connectivity index (χ4v) is 2.89. The van der Waals surface area contributed by atoms with Gasteiger partial charge in [0.1, 0.15) is 12.8 Å². The Morgan fingerprint density at radius 2 is 2.15 bits per heavy atom. The molecule has 0 unspecified atom stereocenters. The van der Waals surface area contributed by atoms with E-state index in [-0.39, 0.29) is 5.82 Å². The summed E-state index contributed by atoms with van der Waals surface area (Å²) in [6, 6.07) is 0.946. The molecule has 1 saturated heterocycles. The number of imidazole rings is 1. The number of fused-ring (bicyclic) bond motifs is 1. The average molecular weight is 281 g/mol. The second-order valence-corrected chi connectivity index (χ2v) is 5.20. The number of rotatable bonds is 2. The second-order valence-electron chi connectivity index (χ2n) is 5.20. The summed E-state index contributed by atoms with van der Waals surface area (Å²) < 4.78 is 7.31. The molecule has 8 heteroatoms. The first-order valence-electron chi connectivity index (χ1n) is 7.03. The van der Waals surface area contributed by atoms with E-state index in [1.54, 1.807) is 4.57 Å². The van der Waals surface area contributed by atoms with E-state index in [4.69, 9.17) is 4.74 Å². The monoisotopic (exact) mass is 281 g/mol. The highest BCUT2D eigenvalue weighted by Crippen LogP contribution is 2.20. The van der Waals surface area contributed by atoms with Crippen LogP contribution in [-0.4, -0.2) is 58.2 Å². The molecule has 3 heterocycles. The Morgan fingerprint density at radius 3 is 2.90 bits per heavy atom. The molecule has 0 aliphatic carbocycles. The molecule has 20 heavy (non-hydrogen) atoms. The lowest BCUT2D eigenvalue weighted by atomic mass is 10.0. The number of hydrogen-bond acceptors (Lipinski definition) is 6. The Bertz CT molecular complexity index is 483. The molecule has 1 fully saturated rings. The SMILES string of the molecule is O=[N+]([O-])c1cn2c(n1)OCCN(C1CCNCC1)CC2. The Labute approximate surface area is 116 Å². The van der Waals surface area contributed by atoms with Crippen LogP contribution in [0.15, 0.2) is 6.20 Å². The zero-order chi connectivity index (χ0) is 13.9. The second kappa shape index (κ2) is 5.76. The lowest BCUT2D eigenvalue weighted by Gasteiger charge is -2.35. The molecule has 8 nitrogen and oxygen atoms in total. The molecular formula is C12H19N5O3. The summed E-state index contributed by atoms with van der Waals surface area (Å²) in [5, 5.41) is 14.1. The van der Waals surface area contributed by atoms with Crippen LogP contribution >= 0.6 is 0 Å². The number of aromatic nitrogens is 2. The van der Waals surface area contributed by atoms with E-state index in [0.29, 0.717) is 25.2 Å². The quantitative estimate of drug-likeness (QED) is 0.617. The fourth-order valence-electron chi connectivity index (χ4n) is 2.89. The van der Waals surface area contributed by atoms with Gasteiger partial charge in [-0.05, 0) is 30.9 Å². The van der Waals surface area contributed by atoms with Crippen molar-refractivity contribution in [2.24, 2.45) is 0 Å². The van der Waals surface area contributed by atoms with Crippen LogP contribution < -0.4 is 10.1 Å². The predicted octanol–water partition coefficient (Wildman–Crippen LogP) is 0.238. The molecule has 0 spiro atoms. The minimum atomic E-state index is -0.480. The van der Waals surface area contributed by atoms with E-state index in [0.717, 1.165) is 39.0 Å². The number of hydrogen-bond donors (Lipinski definition) is 1. The van der Waals surface area contributed by atoms with Crippen LogP contribution in [0.5, 0.6) is 6.01 Å². The largest absolute Gasteiger partial charge is 0.444 e. The van der Waals surface area contributed by atoms with Crippen LogP contribution in [0, 0.1) is 10.1 Å². The summed E-state index contributed by atoms with van der Waals surface area (Å²) >= 11 is 0. The van der Waals surface area contributed by atoms with Crippen molar-refractivity contribution in [2.75, 3.05) is 32.8 Å². The third kappa shape index (κ3) is 2.75. The van der Waals surface area contributed by atoms with E-state index < -0.39 is 4.92 Å². The van der Waals surface area contributed by atoms with Crippen LogP contribution in [0.2, 0.25) is 0 Å². The average Bonchev–Trinajstić information content (AvgIpc) is 2.83. The van der Waals surface area contributed by atoms with Crippen LogP contribution in [-0.2, 0) is 6.54 Å². The van der Waals surface area contributed by atoms with Gasteiger partial charge < -0.3 is 20.2 Å². The van der Waals surface area contributed by atoms with Gasteiger partial charge in [0.05, 0.1) is 0 Å². The maximum absolute atomic E-state index is 10.8. The smallest absolute Gasteiger partial charge is 0.414 e. The molecule has 110 valence electrons. The summed E-state index contributed by atoms with van der Waals surface area (Å²) in [6.45, 7) is 5.06. The standard InChI is InChI=1S/C12H19N5O3/c18-17(19)11-9-16-6-5-15(7-8-20-12(16)14-11)10-1-3-13-4-2-10/h9-10,13H,1-8H2. The third-order valence-electron chi connectivity index (χ3n) is 3.98. The number of nitro groups is 1. The Morgan fingerprint density at radius 1 is 1.35 bits per heavy atom. The molecule has 0 aromatic carbocycles. The van der Waals surface area contributed by atoms with Crippen LogP contribution in [0.25, 0.3) is 0 Å². The first-order chi connectivity index (χ1) is 9.74. The van der Waals surface area contributed by atoms with Crippen molar-refractivity contribution in [3.05, 3.63) is 16.3 Å². The zero-order valence-electron chi connectivity index (χ0n) is 11.3. The Kier molecular flexibility index (Phi) is 3.83. The molecule has 2 aliphatic heterocycles. The van der Waals surface area contributed by atoms with Gasteiger partial charge in [-0.1, -0.05) is 0 Å². The molecule has 1 aromatic rings. The van der Waals surface area contributed by atoms with E-state index in [1.165, 1.54) is 6.20 Å². The molecule has 0 atom stereocenters. The minimum absolute atomic E-state index is 0.143. The molecule has 0 bridgehead atoms. The van der Waals surface area contributed by atoms with Gasteiger partial charge in [-0.25, -0.2) is 0 Å². The van der Waals surface area contributed by atoms with Crippen molar-refractivity contribution in [3.63, 3.8) is 0 Å². The van der Waals surface area contributed by atoms with Crippen molar-refractivity contribution >= 4 is 5.82 Å². The lowest BCUT2D eigenvalue weighted by molar-refractivity contribution is -0.389. The number of nitrogens with one attached hydrogen (secondary N) is 1. The highest BCUT2D eigenvalue weighted by atomic mass is 16.6. The summed E-state index contributed by atoms with van der Waals surface area (Å²) in [5.74, 6) is -0.143. The summed E-state index contributed by atoms with van der Waals surface area (Å²) in [7, 11) is 0. The van der Waals surface area contributed by atoms with Crippen LogP contribution in [0.4, 0.5) is 5.82 Å². The van der Waals surface area contributed by atoms with Gasteiger partial charge in [-0.3, -0.25) is 9.47 Å². The van der Waals surface area contributed by atoms with Crippen molar-refractivity contribution in [3.8, 4) is 6.01 Å². The molecule has 3 rings (SSSR count). The summed E-state index contributed by atoms with van der Waals surface area (Å²) in [5.41, 5.74) is 0. The Hall–Kier alpha value is -1.67. The fraction of sp³-hybridized carbons (Fsp3) is 0.750. The van der Waals surface area contributed by atoms with Crippen molar-refractivity contribution in [1.29, 1.82) is 0 Å². The maximum Gasteiger partial charge on any atom is 0.414 e. The van der Waals surface area contributed by atoms with E-state index in [2.05, 4.69) is 15.2 Å². The molecule has 1 aromatic heterocycles. The topological polar surface area (TPSA) is 85.5 Å². The van der Waals surface area contributed by atoms with Crippen molar-refractivity contribution < 1.29 is 9.66 Å². The first-order valence-corrected chi connectivity index (χ1v) is 7.03. The van der Waals surface area contributed by atoms with Gasteiger partial charge in [0.2, 0.25) is 0 Å². The van der Waals surface area contributed by atoms with Gasteiger partial charge in [0.25, 0.3) is 0 Å². The molecule has 0 saturated carbocycles. The summed E-state index contributed by atoms with van der Waals surface area (Å²) in [6.07, 6.45) is 3.76. The lowest BCUT2D eigenvalue weighted by Crippen LogP contribution is -2.46. The van der Waals surface area contributed by atoms with Gasteiger partial charge in [0.15, 0.2) is 0 Å². The van der Waals surface area contributed by atoms with Crippen molar-refractivity contribution in [2.45, 2.75) is 25.4 Å².